The molecule has 0 radical (unpaired) electrons. The monoisotopic (exact) mass is 353 g/mol. The van der Waals surface area contributed by atoms with Crippen molar-refractivity contribution < 1.29 is 9.26 Å². The molecular formula is C19H23N5O2. The van der Waals surface area contributed by atoms with E-state index < -0.39 is 0 Å². The predicted octanol–water partition coefficient (Wildman–Crippen LogP) is 2.90. The Labute approximate surface area is 151 Å². The van der Waals surface area contributed by atoms with Crippen LogP contribution in [0.4, 0.5) is 0 Å². The molecule has 3 aromatic rings. The average Bonchev–Trinajstić information content (AvgIpc) is 3.36. The Morgan fingerprint density at radius 2 is 2.08 bits per heavy atom. The molecule has 4 heterocycles. The van der Waals surface area contributed by atoms with E-state index >= 15 is 0 Å². The van der Waals surface area contributed by atoms with Gasteiger partial charge in [-0.3, -0.25) is 4.68 Å². The first kappa shape index (κ1) is 16.0. The normalized spacial score (nSPS) is 22.1. The molecule has 0 amide bonds. The fourth-order valence-corrected chi connectivity index (χ4v) is 3.88. The summed E-state index contributed by atoms with van der Waals surface area (Å²) in [5.74, 6) is 1.77. The van der Waals surface area contributed by atoms with Crippen molar-refractivity contribution in [1.29, 1.82) is 0 Å². The third-order valence-corrected chi connectivity index (χ3v) is 5.42. The van der Waals surface area contributed by atoms with Gasteiger partial charge in [-0.15, -0.1) is 0 Å². The van der Waals surface area contributed by atoms with Crippen LogP contribution in [0, 0.1) is 0 Å². The van der Waals surface area contributed by atoms with E-state index in [9.17, 15) is 0 Å². The summed E-state index contributed by atoms with van der Waals surface area (Å²) in [7, 11) is 0. The zero-order valence-electron chi connectivity index (χ0n) is 14.7. The molecule has 2 saturated heterocycles. The minimum Gasteiger partial charge on any atom is -0.379 e. The number of fused-ring (bicyclic) bond motifs is 1. The molecule has 2 aromatic heterocycles. The highest BCUT2D eigenvalue weighted by atomic mass is 16.5. The van der Waals surface area contributed by atoms with Gasteiger partial charge in [0.15, 0.2) is 0 Å². The molecule has 1 unspecified atom stereocenters. The lowest BCUT2D eigenvalue weighted by atomic mass is 9.98. The number of aromatic nitrogens is 4. The SMILES string of the molecule is c1cc2cn(C3CCCOC3)nc2cc1-c1noc(C2CCNCC2)n1. The number of nitrogens with one attached hydrogen (secondary N) is 1. The first-order valence-electron chi connectivity index (χ1n) is 9.48. The van der Waals surface area contributed by atoms with Crippen LogP contribution in [0.1, 0.15) is 43.5 Å². The van der Waals surface area contributed by atoms with Crippen molar-refractivity contribution >= 4 is 10.9 Å². The quantitative estimate of drug-likeness (QED) is 0.780. The molecule has 7 heteroatoms. The van der Waals surface area contributed by atoms with E-state index in [1.54, 1.807) is 0 Å². The lowest BCUT2D eigenvalue weighted by molar-refractivity contribution is 0.0552. The summed E-state index contributed by atoms with van der Waals surface area (Å²) in [5.41, 5.74) is 1.91. The van der Waals surface area contributed by atoms with Crippen LogP contribution in [0.15, 0.2) is 28.9 Å². The molecule has 7 nitrogen and oxygen atoms in total. The summed E-state index contributed by atoms with van der Waals surface area (Å²) in [6, 6.07) is 6.50. The van der Waals surface area contributed by atoms with Crippen LogP contribution >= 0.6 is 0 Å². The van der Waals surface area contributed by atoms with E-state index in [-0.39, 0.29) is 0 Å². The Morgan fingerprint density at radius 1 is 1.15 bits per heavy atom. The van der Waals surface area contributed by atoms with Crippen molar-refractivity contribution in [2.24, 2.45) is 0 Å². The van der Waals surface area contributed by atoms with Crippen molar-refractivity contribution in [3.8, 4) is 11.4 Å². The predicted molar refractivity (Wildman–Crippen MR) is 97.0 cm³/mol. The molecular weight excluding hydrogens is 330 g/mol. The van der Waals surface area contributed by atoms with Gasteiger partial charge in [0.05, 0.1) is 18.2 Å². The van der Waals surface area contributed by atoms with E-state index in [4.69, 9.17) is 14.4 Å². The largest absolute Gasteiger partial charge is 0.379 e. The Morgan fingerprint density at radius 3 is 2.92 bits per heavy atom. The van der Waals surface area contributed by atoms with Crippen molar-refractivity contribution in [2.45, 2.75) is 37.6 Å². The summed E-state index contributed by atoms with van der Waals surface area (Å²) in [4.78, 5) is 4.65. The smallest absolute Gasteiger partial charge is 0.230 e. The van der Waals surface area contributed by atoms with Gasteiger partial charge in [-0.05, 0) is 44.8 Å². The van der Waals surface area contributed by atoms with Crippen molar-refractivity contribution in [1.82, 2.24) is 25.2 Å². The van der Waals surface area contributed by atoms with Gasteiger partial charge in [0.25, 0.3) is 0 Å². The number of ether oxygens (including phenoxy) is 1. The molecule has 0 spiro atoms. The molecule has 0 aliphatic carbocycles. The number of nitrogens with zero attached hydrogens (tertiary/aromatic N) is 4. The summed E-state index contributed by atoms with van der Waals surface area (Å²) in [6.07, 6.45) is 6.41. The fraction of sp³-hybridized carbons (Fsp3) is 0.526. The fourth-order valence-electron chi connectivity index (χ4n) is 3.88. The van der Waals surface area contributed by atoms with Gasteiger partial charge in [-0.25, -0.2) is 0 Å². The third kappa shape index (κ3) is 3.01. The maximum atomic E-state index is 5.59. The van der Waals surface area contributed by atoms with Gasteiger partial charge in [-0.2, -0.15) is 10.1 Å². The minimum absolute atomic E-state index is 0.330. The number of rotatable bonds is 3. The second-order valence-corrected chi connectivity index (χ2v) is 7.23. The number of benzene rings is 1. The van der Waals surface area contributed by atoms with Gasteiger partial charge in [0.2, 0.25) is 11.7 Å². The minimum atomic E-state index is 0.330. The molecule has 1 aromatic carbocycles. The van der Waals surface area contributed by atoms with E-state index in [0.717, 1.165) is 74.3 Å². The molecule has 2 fully saturated rings. The summed E-state index contributed by atoms with van der Waals surface area (Å²) in [5, 5.41) is 13.5. The van der Waals surface area contributed by atoms with Crippen LogP contribution in [0.25, 0.3) is 22.3 Å². The zero-order valence-corrected chi connectivity index (χ0v) is 14.7. The molecule has 1 N–H and O–H groups in total. The standard InChI is InChI=1S/C19H23N5O2/c1-2-16(12-25-9-1)24-11-15-4-3-14(10-17(15)22-24)18-21-19(26-23-18)13-5-7-20-8-6-13/h3-4,10-11,13,16,20H,1-2,5-9,12H2. The second kappa shape index (κ2) is 6.81. The highest BCUT2D eigenvalue weighted by Crippen LogP contribution is 2.28. The van der Waals surface area contributed by atoms with E-state index in [1.807, 2.05) is 16.8 Å². The van der Waals surface area contributed by atoms with E-state index in [0.29, 0.717) is 17.8 Å². The molecule has 26 heavy (non-hydrogen) atoms. The first-order valence-corrected chi connectivity index (χ1v) is 9.48. The van der Waals surface area contributed by atoms with Crippen molar-refractivity contribution in [3.05, 3.63) is 30.3 Å². The van der Waals surface area contributed by atoms with Gasteiger partial charge in [0, 0.05) is 29.7 Å². The van der Waals surface area contributed by atoms with Crippen LogP contribution < -0.4 is 5.32 Å². The molecule has 0 bridgehead atoms. The lowest BCUT2D eigenvalue weighted by Gasteiger charge is -2.22. The van der Waals surface area contributed by atoms with Crippen LogP contribution in [0.2, 0.25) is 0 Å². The van der Waals surface area contributed by atoms with Crippen LogP contribution in [0.3, 0.4) is 0 Å². The number of hydrogen-bond donors (Lipinski definition) is 1. The zero-order chi connectivity index (χ0) is 17.3. The summed E-state index contributed by atoms with van der Waals surface area (Å²) < 4.78 is 13.2. The molecule has 5 rings (SSSR count). The maximum Gasteiger partial charge on any atom is 0.230 e. The van der Waals surface area contributed by atoms with E-state index in [2.05, 4.69) is 27.7 Å². The van der Waals surface area contributed by atoms with Gasteiger partial charge in [-0.1, -0.05) is 17.3 Å². The molecule has 2 aliphatic heterocycles. The highest BCUT2D eigenvalue weighted by molar-refractivity contribution is 5.82. The van der Waals surface area contributed by atoms with Crippen LogP contribution in [-0.4, -0.2) is 46.2 Å². The Kier molecular flexibility index (Phi) is 4.18. The Hall–Kier alpha value is -2.25. The Bertz CT molecular complexity index is 890. The topological polar surface area (TPSA) is 78.0 Å². The van der Waals surface area contributed by atoms with Crippen LogP contribution in [-0.2, 0) is 4.74 Å². The highest BCUT2D eigenvalue weighted by Gasteiger charge is 2.22. The van der Waals surface area contributed by atoms with Gasteiger partial charge < -0.3 is 14.6 Å². The molecule has 136 valence electrons. The summed E-state index contributed by atoms with van der Waals surface area (Å²) >= 11 is 0. The first-order chi connectivity index (χ1) is 12.9. The second-order valence-electron chi connectivity index (χ2n) is 7.23. The number of piperidine rings is 1. The molecule has 0 saturated carbocycles. The lowest BCUT2D eigenvalue weighted by Crippen LogP contribution is -2.26. The molecule has 1 atom stereocenters. The average molecular weight is 353 g/mol. The van der Waals surface area contributed by atoms with Gasteiger partial charge in [0.1, 0.15) is 0 Å². The van der Waals surface area contributed by atoms with Crippen molar-refractivity contribution in [2.75, 3.05) is 26.3 Å². The third-order valence-electron chi connectivity index (χ3n) is 5.42. The molecule has 2 aliphatic rings. The summed E-state index contributed by atoms with van der Waals surface area (Å²) in [6.45, 7) is 3.62. The van der Waals surface area contributed by atoms with Crippen LogP contribution in [0.5, 0.6) is 0 Å². The number of hydrogen-bond acceptors (Lipinski definition) is 6. The Balaban J connectivity index is 1.41. The van der Waals surface area contributed by atoms with E-state index in [1.165, 1.54) is 0 Å². The van der Waals surface area contributed by atoms with Crippen molar-refractivity contribution in [3.63, 3.8) is 0 Å². The van der Waals surface area contributed by atoms with Gasteiger partial charge >= 0.3 is 0 Å². The maximum absolute atomic E-state index is 5.59.